The van der Waals surface area contributed by atoms with Gasteiger partial charge in [-0.3, -0.25) is 9.69 Å². The Morgan fingerprint density at radius 3 is 2.44 bits per heavy atom. The van der Waals surface area contributed by atoms with E-state index in [-0.39, 0.29) is 12.1 Å². The van der Waals surface area contributed by atoms with Gasteiger partial charge in [-0.15, -0.1) is 0 Å². The molecule has 0 aromatic heterocycles. The predicted molar refractivity (Wildman–Crippen MR) is 95.7 cm³/mol. The molecule has 0 aliphatic carbocycles. The van der Waals surface area contributed by atoms with Crippen molar-refractivity contribution in [2.45, 2.75) is 31.2 Å². The number of aliphatic hydroxyl groups excluding tert-OH is 2. The van der Waals surface area contributed by atoms with Crippen LogP contribution in [0.15, 0.2) is 60.7 Å². The van der Waals surface area contributed by atoms with E-state index in [0.29, 0.717) is 25.1 Å². The van der Waals surface area contributed by atoms with Crippen LogP contribution >= 0.6 is 0 Å². The molecule has 132 valence electrons. The van der Waals surface area contributed by atoms with Crippen molar-refractivity contribution in [2.24, 2.45) is 0 Å². The first-order chi connectivity index (χ1) is 12.1. The lowest BCUT2D eigenvalue weighted by Gasteiger charge is -2.25. The lowest BCUT2D eigenvalue weighted by Crippen LogP contribution is -2.41. The minimum Gasteiger partial charge on any atom is -0.392 e. The fraction of sp³-hybridized carbons (Fsp3) is 0.350. The van der Waals surface area contributed by atoms with Crippen molar-refractivity contribution in [3.63, 3.8) is 0 Å². The van der Waals surface area contributed by atoms with Crippen molar-refractivity contribution in [1.29, 1.82) is 0 Å². The zero-order valence-corrected chi connectivity index (χ0v) is 14.1. The van der Waals surface area contributed by atoms with Crippen LogP contribution in [-0.4, -0.2) is 46.3 Å². The quantitative estimate of drug-likeness (QED) is 0.745. The first-order valence-corrected chi connectivity index (χ1v) is 8.60. The van der Waals surface area contributed by atoms with Crippen LogP contribution in [0.4, 0.5) is 0 Å². The Labute approximate surface area is 147 Å². The van der Waals surface area contributed by atoms with Gasteiger partial charge in [0.2, 0.25) is 0 Å². The Morgan fingerprint density at radius 2 is 1.76 bits per heavy atom. The van der Waals surface area contributed by atoms with Gasteiger partial charge < -0.3 is 15.5 Å². The molecule has 3 atom stereocenters. The van der Waals surface area contributed by atoms with Gasteiger partial charge >= 0.3 is 0 Å². The second-order valence-corrected chi connectivity index (χ2v) is 6.52. The van der Waals surface area contributed by atoms with Crippen LogP contribution in [0.5, 0.6) is 0 Å². The number of carbonyl (C=O) groups excluding carboxylic acids is 1. The zero-order chi connectivity index (χ0) is 17.6. The van der Waals surface area contributed by atoms with Gasteiger partial charge in [0.15, 0.2) is 6.10 Å². The van der Waals surface area contributed by atoms with Gasteiger partial charge in [-0.1, -0.05) is 60.7 Å². The number of nitrogens with zero attached hydrogens (tertiary/aromatic N) is 1. The highest BCUT2D eigenvalue weighted by atomic mass is 16.3. The molecule has 1 aliphatic heterocycles. The molecular formula is C20H24N2O3. The van der Waals surface area contributed by atoms with E-state index in [9.17, 15) is 15.0 Å². The Bertz CT molecular complexity index is 678. The third-order valence-corrected chi connectivity index (χ3v) is 4.61. The number of hydrogen-bond donors (Lipinski definition) is 3. The molecule has 3 rings (SSSR count). The standard InChI is InChI=1S/C20H24N2O3/c23-18-11-17(22(14-18)13-15-7-3-1-4-8-15)12-21-20(25)19(24)16-9-5-2-6-10-16/h1-10,17-19,23-24H,11-14H2,(H,21,25)/t17-,18-,19-/m0/s1. The Morgan fingerprint density at radius 1 is 1.12 bits per heavy atom. The summed E-state index contributed by atoms with van der Waals surface area (Å²) in [5.74, 6) is -0.410. The molecule has 1 aliphatic rings. The van der Waals surface area contributed by atoms with E-state index >= 15 is 0 Å². The first kappa shape index (κ1) is 17.6. The molecule has 5 nitrogen and oxygen atoms in total. The largest absolute Gasteiger partial charge is 0.392 e. The average Bonchev–Trinajstić information content (AvgIpc) is 3.00. The lowest BCUT2D eigenvalue weighted by molar-refractivity contribution is -0.129. The molecule has 0 radical (unpaired) electrons. The van der Waals surface area contributed by atoms with Gasteiger partial charge in [-0.25, -0.2) is 0 Å². The minimum atomic E-state index is -1.17. The average molecular weight is 340 g/mol. The third-order valence-electron chi connectivity index (χ3n) is 4.61. The molecule has 0 spiro atoms. The van der Waals surface area contributed by atoms with E-state index in [1.807, 2.05) is 24.3 Å². The molecule has 3 N–H and O–H groups in total. The van der Waals surface area contributed by atoms with Crippen LogP contribution in [0.1, 0.15) is 23.7 Å². The van der Waals surface area contributed by atoms with Gasteiger partial charge in [0, 0.05) is 25.7 Å². The summed E-state index contributed by atoms with van der Waals surface area (Å²) in [5.41, 5.74) is 1.75. The number of nitrogens with one attached hydrogen (secondary N) is 1. The summed E-state index contributed by atoms with van der Waals surface area (Å²) in [7, 11) is 0. The molecule has 25 heavy (non-hydrogen) atoms. The fourth-order valence-corrected chi connectivity index (χ4v) is 3.28. The molecule has 0 unspecified atom stereocenters. The molecule has 0 saturated carbocycles. The summed E-state index contributed by atoms with van der Waals surface area (Å²) >= 11 is 0. The van der Waals surface area contributed by atoms with Crippen molar-refractivity contribution < 1.29 is 15.0 Å². The van der Waals surface area contributed by atoms with Gasteiger partial charge in [-0.05, 0) is 17.5 Å². The summed E-state index contributed by atoms with van der Waals surface area (Å²) in [4.78, 5) is 14.4. The monoisotopic (exact) mass is 340 g/mol. The second kappa shape index (κ2) is 8.25. The highest BCUT2D eigenvalue weighted by molar-refractivity contribution is 5.81. The topological polar surface area (TPSA) is 72.8 Å². The van der Waals surface area contributed by atoms with E-state index < -0.39 is 12.0 Å². The number of likely N-dealkylation sites (tertiary alicyclic amines) is 1. The zero-order valence-electron chi connectivity index (χ0n) is 14.1. The van der Waals surface area contributed by atoms with Crippen molar-refractivity contribution >= 4 is 5.91 Å². The van der Waals surface area contributed by atoms with E-state index in [2.05, 4.69) is 22.3 Å². The van der Waals surface area contributed by atoms with Gasteiger partial charge in [-0.2, -0.15) is 0 Å². The van der Waals surface area contributed by atoms with Crippen LogP contribution in [0.3, 0.4) is 0 Å². The van der Waals surface area contributed by atoms with Crippen LogP contribution in [0, 0.1) is 0 Å². The molecule has 0 bridgehead atoms. The number of β-amino-alcohol motifs (C(OH)–C–C–N with tert-alkyl or cyclic N) is 1. The fourth-order valence-electron chi connectivity index (χ4n) is 3.28. The predicted octanol–water partition coefficient (Wildman–Crippen LogP) is 1.47. The molecule has 1 heterocycles. The molecule has 1 fully saturated rings. The summed E-state index contributed by atoms with van der Waals surface area (Å²) < 4.78 is 0. The van der Waals surface area contributed by atoms with Crippen molar-refractivity contribution in [1.82, 2.24) is 10.2 Å². The van der Waals surface area contributed by atoms with Gasteiger partial charge in [0.05, 0.1) is 6.10 Å². The van der Waals surface area contributed by atoms with E-state index in [1.54, 1.807) is 24.3 Å². The van der Waals surface area contributed by atoms with E-state index in [0.717, 1.165) is 6.54 Å². The van der Waals surface area contributed by atoms with Crippen molar-refractivity contribution in [2.75, 3.05) is 13.1 Å². The number of rotatable bonds is 6. The number of hydrogen-bond acceptors (Lipinski definition) is 4. The molecule has 2 aromatic carbocycles. The van der Waals surface area contributed by atoms with E-state index in [4.69, 9.17) is 0 Å². The highest BCUT2D eigenvalue weighted by Gasteiger charge is 2.31. The number of carbonyl (C=O) groups is 1. The molecule has 2 aromatic rings. The summed E-state index contributed by atoms with van der Waals surface area (Å²) in [6.45, 7) is 1.74. The Kier molecular flexibility index (Phi) is 5.81. The summed E-state index contributed by atoms with van der Waals surface area (Å²) in [5, 5.41) is 23.0. The summed E-state index contributed by atoms with van der Waals surface area (Å²) in [6, 6.07) is 19.0. The van der Waals surface area contributed by atoms with Crippen LogP contribution < -0.4 is 5.32 Å². The smallest absolute Gasteiger partial charge is 0.253 e. The van der Waals surface area contributed by atoms with Crippen LogP contribution in [0.25, 0.3) is 0 Å². The van der Waals surface area contributed by atoms with Crippen LogP contribution in [0.2, 0.25) is 0 Å². The number of amides is 1. The third kappa shape index (κ3) is 4.66. The van der Waals surface area contributed by atoms with Gasteiger partial charge in [0.1, 0.15) is 0 Å². The SMILES string of the molecule is O=C(NC[C@@H]1C[C@H](O)CN1Cc1ccccc1)[C@@H](O)c1ccccc1. The lowest BCUT2D eigenvalue weighted by atomic mass is 10.1. The number of benzene rings is 2. The normalized spacial score (nSPS) is 21.8. The molecule has 1 saturated heterocycles. The molecular weight excluding hydrogens is 316 g/mol. The molecule has 1 amide bonds. The minimum absolute atomic E-state index is 0.0575. The Balaban J connectivity index is 1.56. The maximum atomic E-state index is 12.2. The Hall–Kier alpha value is -2.21. The van der Waals surface area contributed by atoms with E-state index in [1.165, 1.54) is 5.56 Å². The first-order valence-electron chi connectivity index (χ1n) is 8.60. The maximum absolute atomic E-state index is 12.2. The molecule has 5 heteroatoms. The maximum Gasteiger partial charge on any atom is 0.253 e. The van der Waals surface area contributed by atoms with Crippen molar-refractivity contribution in [3.05, 3.63) is 71.8 Å². The second-order valence-electron chi connectivity index (χ2n) is 6.52. The summed E-state index contributed by atoms with van der Waals surface area (Å²) in [6.07, 6.45) is -0.936. The number of aliphatic hydroxyl groups is 2. The highest BCUT2D eigenvalue weighted by Crippen LogP contribution is 2.20. The van der Waals surface area contributed by atoms with Crippen LogP contribution in [-0.2, 0) is 11.3 Å². The van der Waals surface area contributed by atoms with Gasteiger partial charge in [0.25, 0.3) is 5.91 Å². The van der Waals surface area contributed by atoms with Crippen molar-refractivity contribution in [3.8, 4) is 0 Å².